The van der Waals surface area contributed by atoms with Crippen LogP contribution in [0.15, 0.2) is 36.4 Å². The van der Waals surface area contributed by atoms with Crippen molar-refractivity contribution < 1.29 is 4.39 Å². The summed E-state index contributed by atoms with van der Waals surface area (Å²) in [5.74, 6) is 0.0351. The van der Waals surface area contributed by atoms with Gasteiger partial charge in [-0.05, 0) is 47.2 Å². The SMILES string of the molecule is Cc1cccc(N)c1-c1nnnn1-c1ccc(F)cc1Cl. The molecule has 0 saturated heterocycles. The lowest BCUT2D eigenvalue weighted by Crippen LogP contribution is -2.04. The molecule has 1 aromatic heterocycles. The molecule has 0 radical (unpaired) electrons. The molecule has 106 valence electrons. The van der Waals surface area contributed by atoms with E-state index in [1.165, 1.54) is 22.9 Å². The van der Waals surface area contributed by atoms with E-state index >= 15 is 0 Å². The highest BCUT2D eigenvalue weighted by atomic mass is 35.5. The van der Waals surface area contributed by atoms with Crippen molar-refractivity contribution in [2.24, 2.45) is 0 Å². The molecule has 7 heteroatoms. The number of nitrogens with zero attached hydrogens (tertiary/aromatic N) is 4. The van der Waals surface area contributed by atoms with E-state index in [0.29, 0.717) is 17.2 Å². The van der Waals surface area contributed by atoms with Crippen molar-refractivity contribution in [3.63, 3.8) is 0 Å². The van der Waals surface area contributed by atoms with Crippen LogP contribution in [0.5, 0.6) is 0 Å². The molecule has 0 bridgehead atoms. The van der Waals surface area contributed by atoms with Crippen molar-refractivity contribution in [1.29, 1.82) is 0 Å². The predicted molar refractivity (Wildman–Crippen MR) is 78.7 cm³/mol. The lowest BCUT2D eigenvalue weighted by Gasteiger charge is -2.10. The highest BCUT2D eigenvalue weighted by molar-refractivity contribution is 6.32. The van der Waals surface area contributed by atoms with Gasteiger partial charge in [-0.1, -0.05) is 23.7 Å². The standard InChI is InChI=1S/C14H11ClFN5/c1-8-3-2-4-11(17)13(8)14-18-19-20-21(14)12-6-5-9(16)7-10(12)15/h2-7H,17H2,1H3. The van der Waals surface area contributed by atoms with Gasteiger partial charge in [0.2, 0.25) is 0 Å². The summed E-state index contributed by atoms with van der Waals surface area (Å²) in [7, 11) is 0. The van der Waals surface area contributed by atoms with Gasteiger partial charge in [0.1, 0.15) is 5.82 Å². The number of halogens is 2. The summed E-state index contributed by atoms with van der Waals surface area (Å²) in [5.41, 5.74) is 8.73. The van der Waals surface area contributed by atoms with Crippen LogP contribution in [0.3, 0.4) is 0 Å². The maximum Gasteiger partial charge on any atom is 0.189 e. The van der Waals surface area contributed by atoms with Gasteiger partial charge in [0.05, 0.1) is 10.7 Å². The molecule has 1 heterocycles. The minimum atomic E-state index is -0.422. The minimum absolute atomic E-state index is 0.218. The number of hydrogen-bond acceptors (Lipinski definition) is 4. The zero-order chi connectivity index (χ0) is 15.0. The number of rotatable bonds is 2. The molecule has 5 nitrogen and oxygen atoms in total. The normalized spacial score (nSPS) is 10.8. The molecule has 3 aromatic rings. The highest BCUT2D eigenvalue weighted by Crippen LogP contribution is 2.30. The van der Waals surface area contributed by atoms with Gasteiger partial charge in [-0.15, -0.1) is 5.10 Å². The van der Waals surface area contributed by atoms with Gasteiger partial charge in [-0.25, -0.2) is 4.39 Å². The smallest absolute Gasteiger partial charge is 0.189 e. The van der Waals surface area contributed by atoms with E-state index in [1.807, 2.05) is 19.1 Å². The molecule has 2 aromatic carbocycles. The molecule has 0 unspecified atom stereocenters. The fourth-order valence-corrected chi connectivity index (χ4v) is 2.40. The lowest BCUT2D eigenvalue weighted by molar-refractivity contribution is 0.627. The summed E-state index contributed by atoms with van der Waals surface area (Å²) in [6.45, 7) is 1.91. The van der Waals surface area contributed by atoms with Crippen LogP contribution in [0.1, 0.15) is 5.56 Å². The number of hydrogen-bond donors (Lipinski definition) is 1. The lowest BCUT2D eigenvalue weighted by atomic mass is 10.1. The quantitative estimate of drug-likeness (QED) is 0.739. The Labute approximate surface area is 125 Å². The van der Waals surface area contributed by atoms with Crippen LogP contribution < -0.4 is 5.73 Å². The number of tetrazole rings is 1. The van der Waals surface area contributed by atoms with Crippen molar-refractivity contribution in [2.45, 2.75) is 6.92 Å². The largest absolute Gasteiger partial charge is 0.398 e. The fourth-order valence-electron chi connectivity index (χ4n) is 2.15. The third-order valence-corrected chi connectivity index (χ3v) is 3.44. The van der Waals surface area contributed by atoms with Crippen LogP contribution in [0.2, 0.25) is 5.02 Å². The van der Waals surface area contributed by atoms with Gasteiger partial charge in [0.25, 0.3) is 0 Å². The summed E-state index contributed by atoms with van der Waals surface area (Å²) in [5, 5.41) is 11.8. The topological polar surface area (TPSA) is 69.6 Å². The first kappa shape index (κ1) is 13.5. The molecule has 0 amide bonds. The predicted octanol–water partition coefficient (Wildman–Crippen LogP) is 3.01. The van der Waals surface area contributed by atoms with E-state index in [4.69, 9.17) is 17.3 Å². The molecule has 0 saturated carbocycles. The maximum absolute atomic E-state index is 13.2. The third kappa shape index (κ3) is 2.34. The zero-order valence-electron chi connectivity index (χ0n) is 11.1. The number of anilines is 1. The summed E-state index contributed by atoms with van der Waals surface area (Å²) in [6, 6.07) is 9.57. The van der Waals surface area contributed by atoms with Crippen molar-refractivity contribution in [2.75, 3.05) is 5.73 Å². The number of benzene rings is 2. The van der Waals surface area contributed by atoms with Gasteiger partial charge in [-0.3, -0.25) is 0 Å². The van der Waals surface area contributed by atoms with Gasteiger partial charge in [0.15, 0.2) is 5.82 Å². The van der Waals surface area contributed by atoms with Gasteiger partial charge in [0, 0.05) is 11.3 Å². The van der Waals surface area contributed by atoms with Crippen LogP contribution in [0.25, 0.3) is 17.1 Å². The Balaban J connectivity index is 2.22. The first-order chi connectivity index (χ1) is 10.1. The molecule has 0 fully saturated rings. The van der Waals surface area contributed by atoms with E-state index in [1.54, 1.807) is 6.07 Å². The van der Waals surface area contributed by atoms with Crippen molar-refractivity contribution in [3.05, 3.63) is 52.8 Å². The van der Waals surface area contributed by atoms with Gasteiger partial charge >= 0.3 is 0 Å². The van der Waals surface area contributed by atoms with Crippen LogP contribution in [0, 0.1) is 12.7 Å². The van der Waals surface area contributed by atoms with E-state index in [2.05, 4.69) is 15.5 Å². The van der Waals surface area contributed by atoms with Crippen molar-refractivity contribution in [1.82, 2.24) is 20.2 Å². The summed E-state index contributed by atoms with van der Waals surface area (Å²) in [6.07, 6.45) is 0. The Morgan fingerprint density at radius 3 is 2.76 bits per heavy atom. The fraction of sp³-hybridized carbons (Fsp3) is 0.0714. The highest BCUT2D eigenvalue weighted by Gasteiger charge is 2.17. The van der Waals surface area contributed by atoms with E-state index in [9.17, 15) is 4.39 Å². The van der Waals surface area contributed by atoms with Crippen molar-refractivity contribution >= 4 is 17.3 Å². The molecule has 21 heavy (non-hydrogen) atoms. The first-order valence-electron chi connectivity index (χ1n) is 6.17. The molecule has 0 spiro atoms. The summed E-state index contributed by atoms with van der Waals surface area (Å²) < 4.78 is 14.6. The average molecular weight is 304 g/mol. The maximum atomic E-state index is 13.2. The number of aryl methyl sites for hydroxylation is 1. The van der Waals surface area contributed by atoms with E-state index in [-0.39, 0.29) is 5.02 Å². The molecular formula is C14H11ClFN5. The minimum Gasteiger partial charge on any atom is -0.398 e. The van der Waals surface area contributed by atoms with E-state index < -0.39 is 5.82 Å². The second-order valence-corrected chi connectivity index (χ2v) is 4.96. The van der Waals surface area contributed by atoms with Crippen LogP contribution in [-0.4, -0.2) is 20.2 Å². The van der Waals surface area contributed by atoms with E-state index in [0.717, 1.165) is 11.1 Å². The Morgan fingerprint density at radius 2 is 2.05 bits per heavy atom. The molecule has 0 aliphatic heterocycles. The molecule has 2 N–H and O–H groups in total. The monoisotopic (exact) mass is 303 g/mol. The summed E-state index contributed by atoms with van der Waals surface area (Å²) >= 11 is 6.07. The first-order valence-corrected chi connectivity index (χ1v) is 6.55. The summed E-state index contributed by atoms with van der Waals surface area (Å²) in [4.78, 5) is 0. The Kier molecular flexibility index (Phi) is 3.31. The average Bonchev–Trinajstić information content (AvgIpc) is 2.87. The second kappa shape index (κ2) is 5.14. The zero-order valence-corrected chi connectivity index (χ0v) is 11.8. The molecule has 0 aliphatic rings. The van der Waals surface area contributed by atoms with Crippen molar-refractivity contribution in [3.8, 4) is 17.1 Å². The Bertz CT molecular complexity index is 795. The molecular weight excluding hydrogens is 293 g/mol. The second-order valence-electron chi connectivity index (χ2n) is 4.55. The Hall–Kier alpha value is -2.47. The third-order valence-electron chi connectivity index (χ3n) is 3.14. The number of nitrogens with two attached hydrogens (primary N) is 1. The van der Waals surface area contributed by atoms with Gasteiger partial charge in [-0.2, -0.15) is 4.68 Å². The van der Waals surface area contributed by atoms with Crippen LogP contribution in [0.4, 0.5) is 10.1 Å². The number of nitrogen functional groups attached to an aromatic ring is 1. The van der Waals surface area contributed by atoms with Crippen LogP contribution >= 0.6 is 11.6 Å². The Morgan fingerprint density at radius 1 is 1.24 bits per heavy atom. The number of aromatic nitrogens is 4. The van der Waals surface area contributed by atoms with Crippen LogP contribution in [-0.2, 0) is 0 Å². The molecule has 3 rings (SSSR count). The molecule has 0 atom stereocenters. The van der Waals surface area contributed by atoms with Gasteiger partial charge < -0.3 is 5.73 Å². The molecule has 0 aliphatic carbocycles.